The topological polar surface area (TPSA) is 68.6 Å². The summed E-state index contributed by atoms with van der Waals surface area (Å²) in [4.78, 5) is 14.7. The monoisotopic (exact) mass is 372 g/mol. The SMILES string of the molecule is CCc1c(C)nn(C)c1NC(=O)N1CCC(c2cccc(OC)c2OC)C1. The average Bonchev–Trinajstić information content (AvgIpc) is 3.26. The van der Waals surface area contributed by atoms with Crippen LogP contribution in [-0.2, 0) is 13.5 Å². The van der Waals surface area contributed by atoms with Gasteiger partial charge in [-0.25, -0.2) is 4.79 Å². The Bertz CT molecular complexity index is 831. The second-order valence-corrected chi connectivity index (χ2v) is 6.83. The largest absolute Gasteiger partial charge is 0.493 e. The van der Waals surface area contributed by atoms with Crippen molar-refractivity contribution >= 4 is 11.8 Å². The van der Waals surface area contributed by atoms with Gasteiger partial charge in [0.2, 0.25) is 0 Å². The van der Waals surface area contributed by atoms with Gasteiger partial charge in [0, 0.05) is 37.2 Å². The van der Waals surface area contributed by atoms with E-state index in [0.29, 0.717) is 13.1 Å². The molecule has 1 atom stereocenters. The van der Waals surface area contributed by atoms with E-state index in [-0.39, 0.29) is 11.9 Å². The molecule has 146 valence electrons. The lowest BCUT2D eigenvalue weighted by Crippen LogP contribution is -2.33. The number of amides is 2. The van der Waals surface area contributed by atoms with Crippen molar-refractivity contribution < 1.29 is 14.3 Å². The summed E-state index contributed by atoms with van der Waals surface area (Å²) < 4.78 is 12.7. The molecular formula is C20H28N4O3. The standard InChI is InChI=1S/C20H28N4O3/c1-6-15-13(2)22-23(3)19(15)21-20(25)24-11-10-14(12-24)16-8-7-9-17(26-4)18(16)27-5/h7-9,14H,6,10-12H2,1-5H3,(H,21,25). The summed E-state index contributed by atoms with van der Waals surface area (Å²) in [6.45, 7) is 5.39. The fourth-order valence-electron chi connectivity index (χ4n) is 3.89. The Balaban J connectivity index is 1.74. The summed E-state index contributed by atoms with van der Waals surface area (Å²) in [5.41, 5.74) is 3.12. The maximum Gasteiger partial charge on any atom is 0.323 e. The highest BCUT2D eigenvalue weighted by Gasteiger charge is 2.30. The Morgan fingerprint density at radius 3 is 2.78 bits per heavy atom. The number of nitrogens with zero attached hydrogens (tertiary/aromatic N) is 3. The van der Waals surface area contributed by atoms with Gasteiger partial charge in [0.25, 0.3) is 0 Å². The molecule has 1 aromatic heterocycles. The maximum atomic E-state index is 12.8. The first-order valence-corrected chi connectivity index (χ1v) is 9.29. The third-order valence-electron chi connectivity index (χ3n) is 5.27. The lowest BCUT2D eigenvalue weighted by atomic mass is 9.97. The number of benzene rings is 1. The van der Waals surface area contributed by atoms with E-state index in [0.717, 1.165) is 47.0 Å². The second kappa shape index (κ2) is 7.90. The van der Waals surface area contributed by atoms with E-state index in [2.05, 4.69) is 17.3 Å². The molecule has 2 aromatic rings. The molecule has 1 unspecified atom stereocenters. The van der Waals surface area contributed by atoms with Gasteiger partial charge in [-0.2, -0.15) is 5.10 Å². The third-order valence-corrected chi connectivity index (χ3v) is 5.27. The molecule has 0 radical (unpaired) electrons. The normalized spacial score (nSPS) is 16.5. The summed E-state index contributed by atoms with van der Waals surface area (Å²) in [5, 5.41) is 7.47. The summed E-state index contributed by atoms with van der Waals surface area (Å²) in [7, 11) is 5.14. The molecule has 3 rings (SSSR count). The van der Waals surface area contributed by atoms with Crippen molar-refractivity contribution in [3.05, 3.63) is 35.0 Å². The molecule has 0 aliphatic carbocycles. The van der Waals surface area contributed by atoms with E-state index >= 15 is 0 Å². The highest BCUT2D eigenvalue weighted by molar-refractivity contribution is 5.89. The number of ether oxygens (including phenoxy) is 2. The minimum Gasteiger partial charge on any atom is -0.493 e. The van der Waals surface area contributed by atoms with Crippen molar-refractivity contribution in [1.82, 2.24) is 14.7 Å². The first-order valence-electron chi connectivity index (χ1n) is 9.29. The van der Waals surface area contributed by atoms with Crippen molar-refractivity contribution in [2.45, 2.75) is 32.6 Å². The molecule has 1 saturated heterocycles. The van der Waals surface area contributed by atoms with Crippen LogP contribution in [-0.4, -0.2) is 48.0 Å². The smallest absolute Gasteiger partial charge is 0.323 e. The zero-order chi connectivity index (χ0) is 19.6. The second-order valence-electron chi connectivity index (χ2n) is 6.83. The fraction of sp³-hybridized carbons (Fsp3) is 0.500. The zero-order valence-electron chi connectivity index (χ0n) is 16.7. The summed E-state index contributed by atoms with van der Waals surface area (Å²) >= 11 is 0. The molecular weight excluding hydrogens is 344 g/mol. The van der Waals surface area contributed by atoms with Gasteiger partial charge in [-0.15, -0.1) is 0 Å². The van der Waals surface area contributed by atoms with Crippen LogP contribution in [0.2, 0.25) is 0 Å². The molecule has 1 N–H and O–H groups in total. The summed E-state index contributed by atoms with van der Waals surface area (Å²) in [6, 6.07) is 5.81. The molecule has 7 nitrogen and oxygen atoms in total. The quantitative estimate of drug-likeness (QED) is 0.874. The summed E-state index contributed by atoms with van der Waals surface area (Å²) in [5.74, 6) is 2.47. The summed E-state index contributed by atoms with van der Waals surface area (Å²) in [6.07, 6.45) is 1.72. The van der Waals surface area contributed by atoms with Gasteiger partial charge in [-0.3, -0.25) is 10.00 Å². The van der Waals surface area contributed by atoms with E-state index in [1.54, 1.807) is 18.9 Å². The Kier molecular flexibility index (Phi) is 5.58. The molecule has 1 aromatic carbocycles. The fourth-order valence-corrected chi connectivity index (χ4v) is 3.89. The van der Waals surface area contributed by atoms with E-state index in [1.807, 2.05) is 37.1 Å². The van der Waals surface area contributed by atoms with Crippen molar-refractivity contribution in [3.63, 3.8) is 0 Å². The lowest BCUT2D eigenvalue weighted by Gasteiger charge is -2.20. The van der Waals surface area contributed by atoms with Gasteiger partial charge in [-0.05, 0) is 25.8 Å². The Morgan fingerprint density at radius 2 is 2.11 bits per heavy atom. The zero-order valence-corrected chi connectivity index (χ0v) is 16.7. The van der Waals surface area contributed by atoms with Crippen LogP contribution in [0.4, 0.5) is 10.6 Å². The van der Waals surface area contributed by atoms with Crippen LogP contribution in [0.3, 0.4) is 0 Å². The van der Waals surface area contributed by atoms with E-state index < -0.39 is 0 Å². The molecule has 1 aliphatic rings. The highest BCUT2D eigenvalue weighted by atomic mass is 16.5. The van der Waals surface area contributed by atoms with Gasteiger partial charge in [0.15, 0.2) is 11.5 Å². The minimum atomic E-state index is -0.0861. The van der Waals surface area contributed by atoms with Crippen LogP contribution in [0.1, 0.15) is 36.1 Å². The molecule has 27 heavy (non-hydrogen) atoms. The molecule has 1 fully saturated rings. The number of nitrogens with one attached hydrogen (secondary N) is 1. The van der Waals surface area contributed by atoms with E-state index in [9.17, 15) is 4.79 Å². The average molecular weight is 372 g/mol. The number of urea groups is 1. The minimum absolute atomic E-state index is 0.0861. The van der Waals surface area contributed by atoms with Crippen LogP contribution >= 0.6 is 0 Å². The number of methoxy groups -OCH3 is 2. The number of aryl methyl sites for hydroxylation is 2. The number of likely N-dealkylation sites (tertiary alicyclic amines) is 1. The predicted molar refractivity (Wildman–Crippen MR) is 105 cm³/mol. The predicted octanol–water partition coefficient (Wildman–Crippen LogP) is 3.33. The number of carbonyl (C=O) groups excluding carboxylic acids is 1. The van der Waals surface area contributed by atoms with Crippen LogP contribution in [0.15, 0.2) is 18.2 Å². The van der Waals surface area contributed by atoms with Crippen LogP contribution in [0.25, 0.3) is 0 Å². The Hall–Kier alpha value is -2.70. The number of para-hydroxylation sites is 1. The number of hydrogen-bond acceptors (Lipinski definition) is 4. The molecule has 0 saturated carbocycles. The van der Waals surface area contributed by atoms with Gasteiger partial charge in [-0.1, -0.05) is 19.1 Å². The number of rotatable bonds is 5. The molecule has 7 heteroatoms. The number of carbonyl (C=O) groups is 1. The Labute approximate surface area is 160 Å². The van der Waals surface area contributed by atoms with Crippen molar-refractivity contribution in [3.8, 4) is 11.5 Å². The lowest BCUT2D eigenvalue weighted by molar-refractivity contribution is 0.221. The van der Waals surface area contributed by atoms with Crippen molar-refractivity contribution in [2.24, 2.45) is 7.05 Å². The van der Waals surface area contributed by atoms with Gasteiger partial charge >= 0.3 is 6.03 Å². The van der Waals surface area contributed by atoms with Gasteiger partial charge in [0.05, 0.1) is 19.9 Å². The van der Waals surface area contributed by atoms with E-state index in [4.69, 9.17) is 9.47 Å². The van der Waals surface area contributed by atoms with Gasteiger partial charge < -0.3 is 14.4 Å². The van der Waals surface area contributed by atoms with E-state index in [1.165, 1.54) is 0 Å². The van der Waals surface area contributed by atoms with Gasteiger partial charge in [0.1, 0.15) is 5.82 Å². The van der Waals surface area contributed by atoms with Crippen LogP contribution < -0.4 is 14.8 Å². The number of aromatic nitrogens is 2. The first-order chi connectivity index (χ1) is 13.0. The highest BCUT2D eigenvalue weighted by Crippen LogP contribution is 2.39. The third kappa shape index (κ3) is 3.59. The first kappa shape index (κ1) is 19.1. The molecule has 1 aliphatic heterocycles. The van der Waals surface area contributed by atoms with Crippen LogP contribution in [0, 0.1) is 6.92 Å². The molecule has 0 bridgehead atoms. The molecule has 2 heterocycles. The van der Waals surface area contributed by atoms with Crippen molar-refractivity contribution in [1.29, 1.82) is 0 Å². The maximum absolute atomic E-state index is 12.8. The molecule has 2 amide bonds. The molecule has 0 spiro atoms. The van der Waals surface area contributed by atoms with Crippen molar-refractivity contribution in [2.75, 3.05) is 32.6 Å². The number of anilines is 1. The Morgan fingerprint density at radius 1 is 1.33 bits per heavy atom. The number of hydrogen-bond donors (Lipinski definition) is 1. The van der Waals surface area contributed by atoms with Crippen LogP contribution in [0.5, 0.6) is 11.5 Å².